The molecule has 0 N–H and O–H groups in total. The molecule has 2 aromatic rings. The number of aromatic nitrogens is 4. The Labute approximate surface area is 141 Å². The normalized spacial score (nSPS) is 11.4. The Hall–Kier alpha value is -0.120. The lowest BCUT2D eigenvalue weighted by Gasteiger charge is -2.05. The highest BCUT2D eigenvalue weighted by Gasteiger charge is 2.25. The molecule has 0 aliphatic carbocycles. The van der Waals surface area contributed by atoms with Crippen LogP contribution in [0.4, 0.5) is 0 Å². The largest absolute Gasteiger partial charge is 0.218 e. The van der Waals surface area contributed by atoms with Gasteiger partial charge in [-0.05, 0) is 59.0 Å². The van der Waals surface area contributed by atoms with E-state index in [1.54, 1.807) is 0 Å². The molecule has 0 unspecified atom stereocenters. The zero-order valence-corrected chi connectivity index (χ0v) is 16.6. The highest BCUT2D eigenvalue weighted by Crippen LogP contribution is 2.16. The number of nitrogens with zero attached hydrogens (tertiary/aromatic N) is 4. The first-order valence-electron chi connectivity index (χ1n) is 6.20. The van der Waals surface area contributed by atoms with E-state index < -0.39 is 0 Å². The van der Waals surface area contributed by atoms with Gasteiger partial charge in [0.05, 0.1) is 11.4 Å². The Morgan fingerprint density at radius 3 is 1.32 bits per heavy atom. The molecular weight excluding hydrogens is 466 g/mol. The van der Waals surface area contributed by atoms with Crippen LogP contribution < -0.4 is 9.36 Å². The molecule has 19 heavy (non-hydrogen) atoms. The SMILES string of the molecule is Cc1c(I)c(C)[n+](C)n1Cn1c(C)c(I)c(C)[n+]1C. The van der Waals surface area contributed by atoms with Gasteiger partial charge in [-0.25, -0.2) is 0 Å². The van der Waals surface area contributed by atoms with Crippen LogP contribution in [0.15, 0.2) is 0 Å². The average Bonchev–Trinajstić information content (AvgIpc) is 2.68. The molecule has 2 aromatic heterocycles. The molecule has 0 amide bonds. The van der Waals surface area contributed by atoms with Crippen LogP contribution in [-0.4, -0.2) is 9.36 Å². The minimum atomic E-state index is 0.846. The van der Waals surface area contributed by atoms with Gasteiger partial charge in [-0.2, -0.15) is 0 Å². The summed E-state index contributed by atoms with van der Waals surface area (Å²) in [6.45, 7) is 9.56. The van der Waals surface area contributed by atoms with E-state index in [0.29, 0.717) is 0 Å². The number of halogens is 2. The molecule has 0 saturated heterocycles. The van der Waals surface area contributed by atoms with Gasteiger partial charge in [0.15, 0.2) is 14.1 Å². The number of hydrogen-bond donors (Lipinski definition) is 0. The summed E-state index contributed by atoms with van der Waals surface area (Å²) in [7, 11) is 4.25. The number of hydrogen-bond acceptors (Lipinski definition) is 0. The summed E-state index contributed by atoms with van der Waals surface area (Å²) in [5.41, 5.74) is 5.27. The monoisotopic (exact) mass is 486 g/mol. The fourth-order valence-electron chi connectivity index (χ4n) is 2.38. The van der Waals surface area contributed by atoms with Gasteiger partial charge in [0.25, 0.3) is 0 Å². The predicted molar refractivity (Wildman–Crippen MR) is 91.0 cm³/mol. The van der Waals surface area contributed by atoms with Crippen LogP contribution in [0.25, 0.3) is 0 Å². The molecule has 0 fully saturated rings. The van der Waals surface area contributed by atoms with E-state index in [9.17, 15) is 0 Å². The summed E-state index contributed by atoms with van der Waals surface area (Å²) in [4.78, 5) is 0. The average molecular weight is 486 g/mol. The lowest BCUT2D eigenvalue weighted by Crippen LogP contribution is -2.49. The van der Waals surface area contributed by atoms with Crippen LogP contribution in [0.3, 0.4) is 0 Å². The third-order valence-corrected chi connectivity index (χ3v) is 7.13. The summed E-state index contributed by atoms with van der Waals surface area (Å²) in [6.07, 6.45) is 0. The van der Waals surface area contributed by atoms with Gasteiger partial charge in [-0.3, -0.25) is 0 Å². The molecule has 4 nitrogen and oxygen atoms in total. The zero-order chi connectivity index (χ0) is 14.5. The van der Waals surface area contributed by atoms with E-state index in [1.807, 2.05) is 0 Å². The van der Waals surface area contributed by atoms with E-state index in [-0.39, 0.29) is 0 Å². The summed E-state index contributed by atoms with van der Waals surface area (Å²) in [5, 5.41) is 0. The molecule has 0 aliphatic heterocycles. The quantitative estimate of drug-likeness (QED) is 0.456. The lowest BCUT2D eigenvalue weighted by atomic mass is 10.4. The van der Waals surface area contributed by atoms with E-state index in [2.05, 4.69) is 106 Å². The minimum absolute atomic E-state index is 0.846. The van der Waals surface area contributed by atoms with Crippen LogP contribution in [0, 0.1) is 34.8 Å². The fraction of sp³-hybridized carbons (Fsp3) is 0.538. The van der Waals surface area contributed by atoms with Crippen molar-refractivity contribution >= 4 is 45.2 Å². The molecule has 2 rings (SSSR count). The van der Waals surface area contributed by atoms with Crippen LogP contribution in [0.2, 0.25) is 0 Å². The van der Waals surface area contributed by atoms with Crippen LogP contribution in [0.5, 0.6) is 0 Å². The van der Waals surface area contributed by atoms with Crippen molar-refractivity contribution in [3.8, 4) is 0 Å². The van der Waals surface area contributed by atoms with Crippen molar-refractivity contribution < 1.29 is 9.36 Å². The number of rotatable bonds is 2. The minimum Gasteiger partial charge on any atom is -0.131 e. The molecule has 0 aliphatic rings. The summed E-state index contributed by atoms with van der Waals surface area (Å²) >= 11 is 4.86. The van der Waals surface area contributed by atoms with Crippen molar-refractivity contribution in [3.05, 3.63) is 29.9 Å². The van der Waals surface area contributed by atoms with Gasteiger partial charge in [-0.1, -0.05) is 0 Å². The first kappa shape index (κ1) is 15.3. The molecule has 0 radical (unpaired) electrons. The van der Waals surface area contributed by atoms with Crippen molar-refractivity contribution in [2.75, 3.05) is 0 Å². The van der Waals surface area contributed by atoms with Gasteiger partial charge >= 0.3 is 0 Å². The Bertz CT molecular complexity index is 545. The van der Waals surface area contributed by atoms with E-state index in [4.69, 9.17) is 0 Å². The summed E-state index contributed by atoms with van der Waals surface area (Å²) in [6, 6.07) is 0. The predicted octanol–water partition coefficient (Wildman–Crippen LogP) is 1.89. The van der Waals surface area contributed by atoms with Crippen molar-refractivity contribution in [1.29, 1.82) is 0 Å². The first-order chi connectivity index (χ1) is 8.77. The van der Waals surface area contributed by atoms with Gasteiger partial charge in [-0.15, -0.1) is 18.7 Å². The maximum absolute atomic E-state index is 2.43. The third-order valence-electron chi connectivity index (χ3n) is 4.01. The van der Waals surface area contributed by atoms with Gasteiger partial charge in [0.2, 0.25) is 18.1 Å². The smallest absolute Gasteiger partial charge is 0.131 e. The molecule has 0 spiro atoms. The molecule has 6 heteroatoms. The molecule has 0 saturated carbocycles. The summed E-state index contributed by atoms with van der Waals surface area (Å²) < 4.78 is 11.8. The first-order valence-corrected chi connectivity index (χ1v) is 8.36. The highest BCUT2D eigenvalue weighted by atomic mass is 127. The second-order valence-electron chi connectivity index (χ2n) is 4.96. The Balaban J connectivity index is 2.54. The molecule has 0 atom stereocenters. The van der Waals surface area contributed by atoms with Crippen LogP contribution >= 0.6 is 45.2 Å². The summed E-state index contributed by atoms with van der Waals surface area (Å²) in [5.74, 6) is 0. The fourth-order valence-corrected chi connectivity index (χ4v) is 3.63. The zero-order valence-electron chi connectivity index (χ0n) is 12.3. The van der Waals surface area contributed by atoms with Gasteiger partial charge in [0.1, 0.15) is 7.14 Å². The van der Waals surface area contributed by atoms with Crippen molar-refractivity contribution in [2.24, 2.45) is 14.1 Å². The molecule has 104 valence electrons. The van der Waals surface area contributed by atoms with Gasteiger partial charge in [0, 0.05) is 13.8 Å². The van der Waals surface area contributed by atoms with E-state index in [1.165, 1.54) is 29.9 Å². The topological polar surface area (TPSA) is 17.6 Å². The van der Waals surface area contributed by atoms with Crippen molar-refractivity contribution in [1.82, 2.24) is 9.36 Å². The van der Waals surface area contributed by atoms with Crippen molar-refractivity contribution in [3.63, 3.8) is 0 Å². The van der Waals surface area contributed by atoms with E-state index >= 15 is 0 Å². The van der Waals surface area contributed by atoms with Gasteiger partial charge < -0.3 is 0 Å². The highest BCUT2D eigenvalue weighted by molar-refractivity contribution is 14.1. The lowest BCUT2D eigenvalue weighted by molar-refractivity contribution is -0.784. The van der Waals surface area contributed by atoms with Crippen LogP contribution in [0.1, 0.15) is 22.8 Å². The van der Waals surface area contributed by atoms with Crippen molar-refractivity contribution in [2.45, 2.75) is 34.4 Å². The molecule has 0 bridgehead atoms. The Kier molecular flexibility index (Phi) is 4.29. The van der Waals surface area contributed by atoms with Crippen LogP contribution in [-0.2, 0) is 20.8 Å². The third kappa shape index (κ3) is 2.34. The maximum Gasteiger partial charge on any atom is 0.218 e. The molecule has 2 heterocycles. The molecule has 0 aromatic carbocycles. The Morgan fingerprint density at radius 2 is 1.11 bits per heavy atom. The second-order valence-corrected chi connectivity index (χ2v) is 7.11. The molecular formula is C13H20I2N4+2. The van der Waals surface area contributed by atoms with E-state index in [0.717, 1.165) is 6.67 Å². The standard InChI is InChI=1S/C13H20I2N4/c1-8-12(14)10(3)18(16(8)5)7-19-11(4)13(15)9(2)17(19)6/h7H2,1-6H3/q+2. The second kappa shape index (κ2) is 5.34. The maximum atomic E-state index is 2.43. The Morgan fingerprint density at radius 1 is 0.789 bits per heavy atom.